The maximum atomic E-state index is 11.7. The highest BCUT2D eigenvalue weighted by molar-refractivity contribution is 5.83. The minimum absolute atomic E-state index is 0.140. The van der Waals surface area contributed by atoms with Crippen LogP contribution in [0.15, 0.2) is 4.42 Å². The Morgan fingerprint density at radius 1 is 1.19 bits per heavy atom. The van der Waals surface area contributed by atoms with Crippen LogP contribution in [0.3, 0.4) is 0 Å². The number of carboxylic acids is 1. The van der Waals surface area contributed by atoms with Gasteiger partial charge in [-0.25, -0.2) is 9.59 Å². The fourth-order valence-electron chi connectivity index (χ4n) is 1.44. The standard InChI is InChI=1S/C11H19N5O5/c1-4(12)8-15-16-9(21-8)5(2)13-11(20)14-7(6(3)17)10(18)19/h4-7,17H,12H2,1-3H3,(H,18,19)(H2,13,14,20). The number of nitrogens with zero attached hydrogens (tertiary/aromatic N) is 2. The largest absolute Gasteiger partial charge is 0.480 e. The van der Waals surface area contributed by atoms with Gasteiger partial charge in [0.1, 0.15) is 6.04 Å². The smallest absolute Gasteiger partial charge is 0.328 e. The quantitative estimate of drug-likeness (QED) is 0.459. The summed E-state index contributed by atoms with van der Waals surface area (Å²) < 4.78 is 5.25. The molecular formula is C11H19N5O5. The molecule has 0 aliphatic rings. The summed E-state index contributed by atoms with van der Waals surface area (Å²) in [4.78, 5) is 22.5. The molecule has 0 aliphatic carbocycles. The van der Waals surface area contributed by atoms with Gasteiger partial charge < -0.3 is 31.0 Å². The lowest BCUT2D eigenvalue weighted by Gasteiger charge is -2.18. The highest BCUT2D eigenvalue weighted by Crippen LogP contribution is 2.13. The maximum Gasteiger partial charge on any atom is 0.328 e. The normalized spacial score (nSPS) is 16.6. The summed E-state index contributed by atoms with van der Waals surface area (Å²) in [5.41, 5.74) is 5.57. The van der Waals surface area contributed by atoms with Crippen molar-refractivity contribution in [2.75, 3.05) is 0 Å². The highest BCUT2D eigenvalue weighted by atomic mass is 16.4. The van der Waals surface area contributed by atoms with Gasteiger partial charge in [-0.3, -0.25) is 0 Å². The molecule has 21 heavy (non-hydrogen) atoms. The minimum Gasteiger partial charge on any atom is -0.480 e. The van der Waals surface area contributed by atoms with Crippen molar-refractivity contribution < 1.29 is 24.2 Å². The fourth-order valence-corrected chi connectivity index (χ4v) is 1.44. The third-order valence-corrected chi connectivity index (χ3v) is 2.60. The molecule has 1 aromatic heterocycles. The van der Waals surface area contributed by atoms with E-state index < -0.39 is 36.2 Å². The number of hydrogen-bond acceptors (Lipinski definition) is 7. The Labute approximate surface area is 120 Å². The summed E-state index contributed by atoms with van der Waals surface area (Å²) in [5, 5.41) is 30.1. The number of urea groups is 1. The zero-order valence-electron chi connectivity index (χ0n) is 11.9. The summed E-state index contributed by atoms with van der Waals surface area (Å²) in [5.74, 6) is -0.974. The second-order valence-electron chi connectivity index (χ2n) is 4.66. The van der Waals surface area contributed by atoms with Crippen molar-refractivity contribution in [3.63, 3.8) is 0 Å². The molecule has 4 atom stereocenters. The summed E-state index contributed by atoms with van der Waals surface area (Å²) >= 11 is 0. The number of nitrogens with two attached hydrogens (primary N) is 1. The topological polar surface area (TPSA) is 164 Å². The van der Waals surface area contributed by atoms with E-state index in [1.165, 1.54) is 6.92 Å². The predicted molar refractivity (Wildman–Crippen MR) is 70.1 cm³/mol. The summed E-state index contributed by atoms with van der Waals surface area (Å²) in [7, 11) is 0. The fraction of sp³-hybridized carbons (Fsp3) is 0.636. The van der Waals surface area contributed by atoms with Gasteiger partial charge in [0.25, 0.3) is 0 Å². The number of carbonyl (C=O) groups is 2. The van der Waals surface area contributed by atoms with Crippen molar-refractivity contribution in [3.05, 3.63) is 11.8 Å². The van der Waals surface area contributed by atoms with Gasteiger partial charge in [0.2, 0.25) is 11.8 Å². The summed E-state index contributed by atoms with van der Waals surface area (Å²) in [6.07, 6.45) is -1.24. The number of carboxylic acid groups (broad SMARTS) is 1. The first-order chi connectivity index (χ1) is 9.72. The van der Waals surface area contributed by atoms with Crippen LogP contribution in [0.4, 0.5) is 4.79 Å². The van der Waals surface area contributed by atoms with Gasteiger partial charge in [-0.15, -0.1) is 10.2 Å². The van der Waals surface area contributed by atoms with Crippen molar-refractivity contribution in [3.8, 4) is 0 Å². The lowest BCUT2D eigenvalue weighted by atomic mass is 10.2. The summed E-state index contributed by atoms with van der Waals surface area (Å²) in [6, 6.07) is -3.27. The molecule has 0 fully saturated rings. The molecule has 4 unspecified atom stereocenters. The van der Waals surface area contributed by atoms with E-state index >= 15 is 0 Å². The van der Waals surface area contributed by atoms with E-state index in [1.54, 1.807) is 13.8 Å². The number of nitrogens with one attached hydrogen (secondary N) is 2. The van der Waals surface area contributed by atoms with Crippen LogP contribution in [0.1, 0.15) is 44.6 Å². The van der Waals surface area contributed by atoms with Crippen LogP contribution in [-0.2, 0) is 4.79 Å². The van der Waals surface area contributed by atoms with E-state index in [2.05, 4.69) is 20.8 Å². The van der Waals surface area contributed by atoms with Gasteiger partial charge in [-0.2, -0.15) is 0 Å². The van der Waals surface area contributed by atoms with Crippen molar-refractivity contribution >= 4 is 12.0 Å². The van der Waals surface area contributed by atoms with Crippen molar-refractivity contribution in [2.24, 2.45) is 5.73 Å². The van der Waals surface area contributed by atoms with Gasteiger partial charge in [-0.1, -0.05) is 0 Å². The molecule has 0 aliphatic heterocycles. The molecule has 0 spiro atoms. The zero-order valence-corrected chi connectivity index (χ0v) is 11.9. The van der Waals surface area contributed by atoms with Crippen LogP contribution in [0.2, 0.25) is 0 Å². The van der Waals surface area contributed by atoms with Crippen molar-refractivity contribution in [2.45, 2.75) is 45.0 Å². The Bertz CT molecular complexity index is 501. The van der Waals surface area contributed by atoms with E-state index in [4.69, 9.17) is 15.3 Å². The molecule has 1 aromatic rings. The molecule has 6 N–H and O–H groups in total. The summed E-state index contributed by atoms with van der Waals surface area (Å²) in [6.45, 7) is 4.51. The molecule has 1 rings (SSSR count). The van der Waals surface area contributed by atoms with Crippen LogP contribution in [0.5, 0.6) is 0 Å². The van der Waals surface area contributed by atoms with E-state index in [9.17, 15) is 14.7 Å². The number of aliphatic hydroxyl groups is 1. The predicted octanol–water partition coefficient (Wildman–Crippen LogP) is -0.716. The number of aliphatic carboxylic acids is 1. The third kappa shape index (κ3) is 4.68. The van der Waals surface area contributed by atoms with E-state index in [1.807, 2.05) is 0 Å². The Balaban J connectivity index is 2.62. The average Bonchev–Trinajstić information content (AvgIpc) is 2.84. The van der Waals surface area contributed by atoms with Crippen LogP contribution >= 0.6 is 0 Å². The molecule has 0 saturated carbocycles. The average molecular weight is 301 g/mol. The Morgan fingerprint density at radius 2 is 1.76 bits per heavy atom. The Morgan fingerprint density at radius 3 is 2.19 bits per heavy atom. The molecule has 10 heteroatoms. The van der Waals surface area contributed by atoms with Gasteiger partial charge in [0.15, 0.2) is 6.04 Å². The lowest BCUT2D eigenvalue weighted by molar-refractivity contribution is -0.141. The van der Waals surface area contributed by atoms with Gasteiger partial charge >= 0.3 is 12.0 Å². The zero-order chi connectivity index (χ0) is 16.2. The number of hydrogen-bond donors (Lipinski definition) is 5. The van der Waals surface area contributed by atoms with Crippen LogP contribution < -0.4 is 16.4 Å². The molecular weight excluding hydrogens is 282 g/mol. The van der Waals surface area contributed by atoms with Crippen LogP contribution in [0, 0.1) is 0 Å². The maximum absolute atomic E-state index is 11.7. The molecule has 0 radical (unpaired) electrons. The second kappa shape index (κ2) is 6.99. The lowest BCUT2D eigenvalue weighted by Crippen LogP contribution is -2.51. The molecule has 0 bridgehead atoms. The SMILES string of the molecule is CC(N)c1nnc(C(C)NC(=O)NC(C(=O)O)C(C)O)o1. The van der Waals surface area contributed by atoms with Gasteiger partial charge in [0, 0.05) is 0 Å². The molecule has 1 heterocycles. The van der Waals surface area contributed by atoms with E-state index in [0.717, 1.165) is 0 Å². The first-order valence-electron chi connectivity index (χ1n) is 6.29. The Hall–Kier alpha value is -2.20. The van der Waals surface area contributed by atoms with Crippen molar-refractivity contribution in [1.82, 2.24) is 20.8 Å². The highest BCUT2D eigenvalue weighted by Gasteiger charge is 2.26. The molecule has 118 valence electrons. The number of rotatable bonds is 6. The van der Waals surface area contributed by atoms with Gasteiger partial charge in [0.05, 0.1) is 12.1 Å². The monoisotopic (exact) mass is 301 g/mol. The van der Waals surface area contributed by atoms with E-state index in [0.29, 0.717) is 0 Å². The first kappa shape index (κ1) is 16.9. The third-order valence-electron chi connectivity index (χ3n) is 2.60. The number of aliphatic hydroxyl groups excluding tert-OH is 1. The Kier molecular flexibility index (Phi) is 5.61. The van der Waals surface area contributed by atoms with Gasteiger partial charge in [-0.05, 0) is 20.8 Å². The number of carbonyl (C=O) groups excluding carboxylic acids is 1. The van der Waals surface area contributed by atoms with E-state index in [-0.39, 0.29) is 11.8 Å². The number of aromatic nitrogens is 2. The minimum atomic E-state index is -1.42. The molecule has 0 aromatic carbocycles. The molecule has 2 amide bonds. The van der Waals surface area contributed by atoms with Crippen molar-refractivity contribution in [1.29, 1.82) is 0 Å². The van der Waals surface area contributed by atoms with Crippen LogP contribution in [-0.4, -0.2) is 44.6 Å². The number of amides is 2. The van der Waals surface area contributed by atoms with Crippen LogP contribution in [0.25, 0.3) is 0 Å². The second-order valence-corrected chi connectivity index (χ2v) is 4.66. The first-order valence-corrected chi connectivity index (χ1v) is 6.29. The molecule has 0 saturated heterocycles. The molecule has 10 nitrogen and oxygen atoms in total.